The first-order chi connectivity index (χ1) is 5.93. The molecule has 0 aromatic rings. The molecule has 0 bridgehead atoms. The number of unbranched alkanes of at least 4 members (excludes halogenated alkanes) is 2. The van der Waals surface area contributed by atoms with Gasteiger partial charge in [-0.05, 0) is 19.4 Å². The molecule has 0 atom stereocenters. The van der Waals surface area contributed by atoms with Gasteiger partial charge in [0.05, 0.1) is 0 Å². The zero-order valence-electron chi connectivity index (χ0n) is 7.81. The topological polar surface area (TPSA) is 39.1 Å². The third-order valence-corrected chi connectivity index (χ3v) is 2.36. The van der Waals surface area contributed by atoms with Gasteiger partial charge in [0.2, 0.25) is 0 Å². The molecule has 0 aliphatic carbocycles. The van der Waals surface area contributed by atoms with Crippen molar-refractivity contribution in [2.24, 2.45) is 0 Å². The van der Waals surface area contributed by atoms with Gasteiger partial charge in [-0.15, -0.1) is 0 Å². The first-order valence-corrected chi connectivity index (χ1v) is 5.01. The molecule has 0 aromatic carbocycles. The van der Waals surface area contributed by atoms with E-state index in [1.165, 1.54) is 32.5 Å². The molecule has 3 nitrogen and oxygen atoms in total. The summed E-state index contributed by atoms with van der Waals surface area (Å²) in [5.41, 5.74) is 7.00. The molecule has 0 aromatic heterocycles. The smallest absolute Gasteiger partial charge is 0.0107 e. The summed E-state index contributed by atoms with van der Waals surface area (Å²) in [6.07, 6.45) is 3.58. The highest BCUT2D eigenvalue weighted by Crippen LogP contribution is 1.99. The van der Waals surface area contributed by atoms with Gasteiger partial charge in [0.15, 0.2) is 0 Å². The Balaban J connectivity index is 1.91. The Bertz CT molecular complexity index is 99.9. The third-order valence-electron chi connectivity index (χ3n) is 2.36. The van der Waals surface area contributed by atoms with Gasteiger partial charge < -0.3 is 10.2 Å². The van der Waals surface area contributed by atoms with E-state index in [1.807, 2.05) is 0 Å². The minimum Gasteiger partial charge on any atom is -0.314 e. The van der Waals surface area contributed by atoms with E-state index in [9.17, 15) is 0 Å². The molecule has 0 amide bonds. The predicted molar refractivity (Wildman–Crippen MR) is 51.1 cm³/mol. The van der Waals surface area contributed by atoms with Crippen LogP contribution in [-0.4, -0.2) is 44.2 Å². The lowest BCUT2D eigenvalue weighted by Crippen LogP contribution is -2.43. The molecule has 1 aliphatic heterocycles. The Kier molecular flexibility index (Phi) is 5.32. The highest BCUT2D eigenvalue weighted by Gasteiger charge is 2.07. The molecule has 1 aliphatic rings. The van der Waals surface area contributed by atoms with Crippen LogP contribution in [0.2, 0.25) is 0 Å². The molecule has 1 fully saturated rings. The maximum absolute atomic E-state index is 7.00. The van der Waals surface area contributed by atoms with E-state index in [1.54, 1.807) is 0 Å². The van der Waals surface area contributed by atoms with Crippen molar-refractivity contribution in [3.8, 4) is 0 Å². The van der Waals surface area contributed by atoms with Crippen molar-refractivity contribution in [3.63, 3.8) is 0 Å². The van der Waals surface area contributed by atoms with Gasteiger partial charge in [-0.25, -0.2) is 0 Å². The van der Waals surface area contributed by atoms with Crippen molar-refractivity contribution in [1.82, 2.24) is 16.0 Å². The molecule has 1 radical (unpaired) electrons. The Morgan fingerprint density at radius 2 is 1.83 bits per heavy atom. The number of hydrogen-bond donors (Lipinski definition) is 1. The summed E-state index contributed by atoms with van der Waals surface area (Å²) in [6.45, 7) is 6.56. The van der Waals surface area contributed by atoms with Crippen LogP contribution in [0.3, 0.4) is 0 Å². The number of piperazine rings is 1. The van der Waals surface area contributed by atoms with Crippen LogP contribution in [0, 0.1) is 0 Å². The largest absolute Gasteiger partial charge is 0.314 e. The molecule has 3 heteroatoms. The summed E-state index contributed by atoms with van der Waals surface area (Å²) in [6, 6.07) is 0. The highest BCUT2D eigenvalue weighted by atomic mass is 15.2. The molecule has 71 valence electrons. The maximum atomic E-state index is 7.00. The van der Waals surface area contributed by atoms with Crippen molar-refractivity contribution >= 4 is 0 Å². The summed E-state index contributed by atoms with van der Waals surface area (Å²) in [5, 5.41) is 3.34. The minimum absolute atomic E-state index is 0.599. The van der Waals surface area contributed by atoms with Crippen molar-refractivity contribution in [1.29, 1.82) is 0 Å². The third kappa shape index (κ3) is 4.04. The van der Waals surface area contributed by atoms with E-state index in [4.69, 9.17) is 5.73 Å². The summed E-state index contributed by atoms with van der Waals surface area (Å²) >= 11 is 0. The van der Waals surface area contributed by atoms with Crippen LogP contribution < -0.4 is 11.1 Å². The van der Waals surface area contributed by atoms with E-state index in [0.717, 1.165) is 19.5 Å². The van der Waals surface area contributed by atoms with Crippen LogP contribution in [0.4, 0.5) is 0 Å². The lowest BCUT2D eigenvalue weighted by molar-refractivity contribution is 0.236. The van der Waals surface area contributed by atoms with E-state index >= 15 is 0 Å². The molecule has 0 saturated carbocycles. The average Bonchev–Trinajstić information content (AvgIpc) is 2.14. The molecule has 1 rings (SSSR count). The molecular formula is C9H20N3. The fourth-order valence-electron chi connectivity index (χ4n) is 1.57. The summed E-state index contributed by atoms with van der Waals surface area (Å²) in [7, 11) is 0. The molecule has 1 saturated heterocycles. The predicted octanol–water partition coefficient (Wildman–Crippen LogP) is 0.345. The van der Waals surface area contributed by atoms with Crippen LogP contribution >= 0.6 is 0 Å². The minimum atomic E-state index is 0.599. The van der Waals surface area contributed by atoms with Crippen LogP contribution in [0.5, 0.6) is 0 Å². The quantitative estimate of drug-likeness (QED) is 0.604. The molecular weight excluding hydrogens is 150 g/mol. The lowest BCUT2D eigenvalue weighted by Gasteiger charge is -2.26. The first-order valence-electron chi connectivity index (χ1n) is 5.01. The Hall–Kier alpha value is -0.120. The highest BCUT2D eigenvalue weighted by molar-refractivity contribution is 4.66. The van der Waals surface area contributed by atoms with Gasteiger partial charge in [0.25, 0.3) is 0 Å². The summed E-state index contributed by atoms with van der Waals surface area (Å²) in [5.74, 6) is 0. The van der Waals surface area contributed by atoms with E-state index in [0.29, 0.717) is 6.54 Å². The molecule has 0 spiro atoms. The van der Waals surface area contributed by atoms with Crippen molar-refractivity contribution in [3.05, 3.63) is 0 Å². The number of hydrogen-bond acceptors (Lipinski definition) is 2. The molecule has 2 N–H and O–H groups in total. The Morgan fingerprint density at radius 1 is 1.08 bits per heavy atom. The second-order valence-corrected chi connectivity index (χ2v) is 3.40. The second-order valence-electron chi connectivity index (χ2n) is 3.40. The molecule has 0 unspecified atom stereocenters. The van der Waals surface area contributed by atoms with Gasteiger partial charge in [-0.1, -0.05) is 6.42 Å². The van der Waals surface area contributed by atoms with Gasteiger partial charge in [-0.2, -0.15) is 0 Å². The molecule has 12 heavy (non-hydrogen) atoms. The van der Waals surface area contributed by atoms with Gasteiger partial charge in [0, 0.05) is 32.7 Å². The average molecular weight is 170 g/mol. The van der Waals surface area contributed by atoms with Crippen LogP contribution in [0.1, 0.15) is 19.3 Å². The van der Waals surface area contributed by atoms with Gasteiger partial charge in [0.1, 0.15) is 0 Å². The standard InChI is InChI=1S/C9H20N3/c10-4-2-1-3-7-12-8-5-11-6-9-12/h10-11H,1-9H2. The monoisotopic (exact) mass is 170 g/mol. The zero-order chi connectivity index (χ0) is 8.65. The van der Waals surface area contributed by atoms with Gasteiger partial charge in [-0.3, -0.25) is 5.73 Å². The normalized spacial score (nSPS) is 19.8. The second kappa shape index (κ2) is 6.40. The van der Waals surface area contributed by atoms with E-state index in [-0.39, 0.29) is 0 Å². The SMILES string of the molecule is [NH]CCCCCN1CCNCC1. The number of nitrogens with one attached hydrogen (secondary N) is 2. The van der Waals surface area contributed by atoms with Crippen molar-refractivity contribution in [2.75, 3.05) is 39.3 Å². The van der Waals surface area contributed by atoms with Crippen molar-refractivity contribution in [2.45, 2.75) is 19.3 Å². The zero-order valence-corrected chi connectivity index (χ0v) is 7.81. The van der Waals surface area contributed by atoms with Gasteiger partial charge >= 0.3 is 0 Å². The Morgan fingerprint density at radius 3 is 2.50 bits per heavy atom. The van der Waals surface area contributed by atoms with E-state index < -0.39 is 0 Å². The van der Waals surface area contributed by atoms with Crippen LogP contribution in [0.15, 0.2) is 0 Å². The van der Waals surface area contributed by atoms with E-state index in [2.05, 4.69) is 10.2 Å². The Labute approximate surface area is 75.3 Å². The van der Waals surface area contributed by atoms with Crippen molar-refractivity contribution < 1.29 is 0 Å². The maximum Gasteiger partial charge on any atom is 0.0107 e. The fraction of sp³-hybridized carbons (Fsp3) is 1.00. The summed E-state index contributed by atoms with van der Waals surface area (Å²) in [4.78, 5) is 2.51. The molecule has 1 heterocycles. The van der Waals surface area contributed by atoms with Crippen LogP contribution in [-0.2, 0) is 0 Å². The number of nitrogens with zero attached hydrogens (tertiary/aromatic N) is 1. The first kappa shape index (κ1) is 9.96. The van der Waals surface area contributed by atoms with Crippen LogP contribution in [0.25, 0.3) is 0 Å². The fourth-order valence-corrected chi connectivity index (χ4v) is 1.57. The lowest BCUT2D eigenvalue weighted by atomic mass is 10.2. The summed E-state index contributed by atoms with van der Waals surface area (Å²) < 4.78 is 0. The number of rotatable bonds is 5.